The number of piperidine rings is 1. The van der Waals surface area contributed by atoms with E-state index in [0.29, 0.717) is 18.9 Å². The van der Waals surface area contributed by atoms with Gasteiger partial charge in [-0.1, -0.05) is 49.6 Å². The normalized spacial score (nSPS) is 23.7. The zero-order chi connectivity index (χ0) is 21.3. The Balaban J connectivity index is 1.25. The van der Waals surface area contributed by atoms with E-state index in [1.807, 2.05) is 15.7 Å². The molecule has 1 aromatic heterocycles. The molecular weight excluding hydrogens is 388 g/mol. The van der Waals surface area contributed by atoms with E-state index in [0.717, 1.165) is 51.6 Å². The Morgan fingerprint density at radius 1 is 1.06 bits per heavy atom. The Kier molecular flexibility index (Phi) is 5.55. The molecule has 3 aliphatic rings. The van der Waals surface area contributed by atoms with Crippen LogP contribution in [0.5, 0.6) is 0 Å². The molecule has 1 spiro atoms. The molecule has 1 saturated carbocycles. The van der Waals surface area contributed by atoms with Crippen LogP contribution in [0.15, 0.2) is 49.1 Å². The summed E-state index contributed by atoms with van der Waals surface area (Å²) in [4.78, 5) is 34.4. The molecule has 1 atom stereocenters. The summed E-state index contributed by atoms with van der Waals surface area (Å²) in [7, 11) is 0. The van der Waals surface area contributed by atoms with E-state index in [1.165, 1.54) is 12.0 Å². The van der Waals surface area contributed by atoms with Gasteiger partial charge < -0.3 is 14.4 Å². The average molecular weight is 421 g/mol. The topological polar surface area (TPSA) is 58.4 Å². The number of nitrogens with zero attached hydrogens (tertiary/aromatic N) is 4. The molecule has 1 unspecified atom stereocenters. The lowest BCUT2D eigenvalue weighted by Gasteiger charge is -2.61. The summed E-state index contributed by atoms with van der Waals surface area (Å²) in [5.74, 6) is 0.566. The molecule has 1 aromatic carbocycles. The highest BCUT2D eigenvalue weighted by Gasteiger charge is 2.62. The quantitative estimate of drug-likeness (QED) is 0.692. The minimum Gasteiger partial charge on any atom is -0.342 e. The second kappa shape index (κ2) is 8.48. The molecule has 2 aliphatic heterocycles. The first-order valence-electron chi connectivity index (χ1n) is 11.8. The summed E-state index contributed by atoms with van der Waals surface area (Å²) in [5, 5.41) is 0. The Bertz CT molecular complexity index is 897. The number of β-lactam (4-membered cyclic amide) rings is 1. The highest BCUT2D eigenvalue weighted by atomic mass is 16.2. The van der Waals surface area contributed by atoms with Crippen molar-refractivity contribution in [2.45, 2.75) is 70.0 Å². The van der Waals surface area contributed by atoms with E-state index >= 15 is 0 Å². The van der Waals surface area contributed by atoms with Crippen molar-refractivity contribution in [3.05, 3.63) is 54.6 Å². The van der Waals surface area contributed by atoms with Gasteiger partial charge in [0.25, 0.3) is 0 Å². The number of carbonyl (C=O) groups excluding carboxylic acids is 2. The van der Waals surface area contributed by atoms with Crippen LogP contribution in [-0.2, 0) is 16.1 Å². The molecule has 164 valence electrons. The smallest absolute Gasteiger partial charge is 0.232 e. The molecule has 3 heterocycles. The minimum atomic E-state index is -0.183. The van der Waals surface area contributed by atoms with Gasteiger partial charge in [-0.2, -0.15) is 0 Å². The molecular formula is C25H32N4O2. The number of imidazole rings is 1. The maximum Gasteiger partial charge on any atom is 0.232 e. The summed E-state index contributed by atoms with van der Waals surface area (Å²) in [6, 6.07) is 11.1. The van der Waals surface area contributed by atoms with Gasteiger partial charge >= 0.3 is 0 Å². The standard InChI is InChI=1S/C25H32N4O2/c30-22(11-15-27-18-14-26-19-27)28-16-9-21(10-17-28)29-23(20-7-3-1-4-8-20)25(24(29)31)12-5-2-6-13-25/h1,3-4,7-8,14,18-19,21,23H,2,5-6,9-13,15-17H2. The predicted octanol–water partition coefficient (Wildman–Crippen LogP) is 3.80. The van der Waals surface area contributed by atoms with E-state index < -0.39 is 0 Å². The van der Waals surface area contributed by atoms with E-state index in [-0.39, 0.29) is 23.4 Å². The van der Waals surface area contributed by atoms with Gasteiger partial charge in [-0.3, -0.25) is 9.59 Å². The van der Waals surface area contributed by atoms with E-state index in [4.69, 9.17) is 0 Å². The third kappa shape index (κ3) is 3.66. The lowest BCUT2D eigenvalue weighted by atomic mass is 9.59. The maximum absolute atomic E-state index is 13.5. The second-order valence-corrected chi connectivity index (χ2v) is 9.40. The molecule has 6 heteroatoms. The second-order valence-electron chi connectivity index (χ2n) is 9.40. The van der Waals surface area contributed by atoms with Crippen molar-refractivity contribution in [3.8, 4) is 0 Å². The van der Waals surface area contributed by atoms with Crippen LogP contribution in [0.2, 0.25) is 0 Å². The first kappa shape index (κ1) is 20.3. The fourth-order valence-electron chi connectivity index (χ4n) is 6.05. The monoisotopic (exact) mass is 420 g/mol. The Hall–Kier alpha value is -2.63. The molecule has 2 saturated heterocycles. The number of likely N-dealkylation sites (tertiary alicyclic amines) is 2. The summed E-state index contributed by atoms with van der Waals surface area (Å²) in [6.45, 7) is 2.15. The predicted molar refractivity (Wildman–Crippen MR) is 118 cm³/mol. The van der Waals surface area contributed by atoms with Crippen molar-refractivity contribution >= 4 is 11.8 Å². The van der Waals surface area contributed by atoms with Crippen molar-refractivity contribution in [3.63, 3.8) is 0 Å². The highest BCUT2D eigenvalue weighted by molar-refractivity contribution is 5.91. The molecule has 2 amide bonds. The summed E-state index contributed by atoms with van der Waals surface area (Å²) in [6.07, 6.45) is 13.2. The van der Waals surface area contributed by atoms with Crippen molar-refractivity contribution in [1.29, 1.82) is 0 Å². The van der Waals surface area contributed by atoms with Crippen LogP contribution in [0.25, 0.3) is 0 Å². The average Bonchev–Trinajstić information content (AvgIpc) is 3.35. The molecule has 5 rings (SSSR count). The van der Waals surface area contributed by atoms with Crippen molar-refractivity contribution < 1.29 is 9.59 Å². The molecule has 3 fully saturated rings. The fraction of sp³-hybridized carbons (Fsp3) is 0.560. The number of aryl methyl sites for hydroxylation is 1. The molecule has 2 aromatic rings. The van der Waals surface area contributed by atoms with E-state index in [1.54, 1.807) is 12.5 Å². The number of hydrogen-bond donors (Lipinski definition) is 0. The number of amides is 2. The van der Waals surface area contributed by atoms with Gasteiger partial charge in [-0.05, 0) is 31.2 Å². The number of benzene rings is 1. The largest absolute Gasteiger partial charge is 0.342 e. The molecule has 0 radical (unpaired) electrons. The van der Waals surface area contributed by atoms with Gasteiger partial charge in [0.2, 0.25) is 11.8 Å². The Morgan fingerprint density at radius 3 is 2.48 bits per heavy atom. The zero-order valence-electron chi connectivity index (χ0n) is 18.2. The lowest BCUT2D eigenvalue weighted by molar-refractivity contribution is -0.186. The van der Waals surface area contributed by atoms with Gasteiger partial charge in [0, 0.05) is 44.5 Å². The van der Waals surface area contributed by atoms with Crippen molar-refractivity contribution in [2.75, 3.05) is 13.1 Å². The SMILES string of the molecule is O=C(CCn1ccnc1)N1CCC(N2C(=O)C3(CCCCC3)C2c2ccccc2)CC1. The van der Waals surface area contributed by atoms with Gasteiger partial charge in [0.1, 0.15) is 0 Å². The van der Waals surface area contributed by atoms with Gasteiger partial charge in [0.15, 0.2) is 0 Å². The zero-order valence-corrected chi connectivity index (χ0v) is 18.2. The minimum absolute atomic E-state index is 0.183. The van der Waals surface area contributed by atoms with Crippen molar-refractivity contribution in [2.24, 2.45) is 5.41 Å². The summed E-state index contributed by atoms with van der Waals surface area (Å²) in [5.41, 5.74) is 1.10. The van der Waals surface area contributed by atoms with Crippen LogP contribution in [0.4, 0.5) is 0 Å². The van der Waals surface area contributed by atoms with Crippen LogP contribution in [0.3, 0.4) is 0 Å². The lowest BCUT2D eigenvalue weighted by Crippen LogP contribution is -2.67. The van der Waals surface area contributed by atoms with Crippen LogP contribution in [0.1, 0.15) is 63.0 Å². The fourth-order valence-corrected chi connectivity index (χ4v) is 6.05. The first-order chi connectivity index (χ1) is 15.2. The number of rotatable bonds is 5. The van der Waals surface area contributed by atoms with Crippen LogP contribution < -0.4 is 0 Å². The molecule has 0 bridgehead atoms. The third-order valence-corrected chi connectivity index (χ3v) is 7.68. The van der Waals surface area contributed by atoms with E-state index in [2.05, 4.69) is 40.2 Å². The number of aromatic nitrogens is 2. The Labute approximate surface area is 184 Å². The number of carbonyl (C=O) groups is 2. The number of hydrogen-bond acceptors (Lipinski definition) is 3. The van der Waals surface area contributed by atoms with Crippen LogP contribution in [-0.4, -0.2) is 50.3 Å². The first-order valence-corrected chi connectivity index (χ1v) is 11.8. The highest BCUT2D eigenvalue weighted by Crippen LogP contribution is 2.59. The van der Waals surface area contributed by atoms with E-state index in [9.17, 15) is 9.59 Å². The van der Waals surface area contributed by atoms with Gasteiger partial charge in [-0.15, -0.1) is 0 Å². The van der Waals surface area contributed by atoms with Crippen molar-refractivity contribution in [1.82, 2.24) is 19.4 Å². The molecule has 1 aliphatic carbocycles. The molecule has 6 nitrogen and oxygen atoms in total. The van der Waals surface area contributed by atoms with Gasteiger partial charge in [0.05, 0.1) is 17.8 Å². The molecule has 31 heavy (non-hydrogen) atoms. The van der Waals surface area contributed by atoms with Gasteiger partial charge in [-0.25, -0.2) is 4.98 Å². The third-order valence-electron chi connectivity index (χ3n) is 7.68. The summed E-state index contributed by atoms with van der Waals surface area (Å²) >= 11 is 0. The van der Waals surface area contributed by atoms with Crippen LogP contribution >= 0.6 is 0 Å². The van der Waals surface area contributed by atoms with Crippen LogP contribution in [0, 0.1) is 5.41 Å². The Morgan fingerprint density at radius 2 is 1.81 bits per heavy atom. The summed E-state index contributed by atoms with van der Waals surface area (Å²) < 4.78 is 1.94. The molecule has 0 N–H and O–H groups in total. The maximum atomic E-state index is 13.5.